The Labute approximate surface area is 330 Å². The highest BCUT2D eigenvalue weighted by Gasteiger charge is 2.31. The van der Waals surface area contributed by atoms with Crippen LogP contribution in [-0.4, -0.2) is 74.1 Å². The number of carbonyl (C=O) groups excluding carboxylic acids is 7. The van der Waals surface area contributed by atoms with Gasteiger partial charge in [0.25, 0.3) is 11.5 Å². The summed E-state index contributed by atoms with van der Waals surface area (Å²) >= 11 is 0. The van der Waals surface area contributed by atoms with Crippen LogP contribution in [0.25, 0.3) is 10.9 Å². The number of carbonyl (C=O) groups is 8. The molecule has 3 aliphatic rings. The molecule has 310 valence electrons. The molecule has 3 fully saturated rings. The zero-order valence-corrected chi connectivity index (χ0v) is 30.6. The van der Waals surface area contributed by atoms with E-state index in [0.717, 1.165) is 16.7 Å². The number of imide groups is 3. The number of anilines is 2. The molecule has 0 spiro atoms. The van der Waals surface area contributed by atoms with Crippen molar-refractivity contribution in [2.45, 2.75) is 56.7 Å². The summed E-state index contributed by atoms with van der Waals surface area (Å²) in [6, 6.07) is 9.60. The highest BCUT2D eigenvalue weighted by atomic mass is 19.1. The summed E-state index contributed by atoms with van der Waals surface area (Å²) in [5, 5.41) is 17.0. The Morgan fingerprint density at radius 1 is 0.695 bits per heavy atom. The predicted molar refractivity (Wildman–Crippen MR) is 200 cm³/mol. The molecule has 0 radical (unpaired) electrons. The Bertz CT molecular complexity index is 2370. The molecule has 0 aliphatic carbocycles. The lowest BCUT2D eigenvalue weighted by molar-refractivity contribution is -0.137. The topological polar surface area (TPSA) is 318 Å². The van der Waals surface area contributed by atoms with Gasteiger partial charge in [0, 0.05) is 30.6 Å². The fourth-order valence-electron chi connectivity index (χ4n) is 5.63. The summed E-state index contributed by atoms with van der Waals surface area (Å²) in [7, 11) is 0. The van der Waals surface area contributed by atoms with Crippen molar-refractivity contribution in [1.82, 2.24) is 30.8 Å². The SMILES string of the molecule is NC1CCC(=O)NC1=O.Nc1cccc(F)c1C(=O)NC1CCC(=O)NC1=O.Nc1cccc(F)c1C(=O)O.O=C1CCC(n2cnc3cccc(F)c3c2=O)C(=O)N1. The second kappa shape index (κ2) is 19.6. The minimum absolute atomic E-state index is 0.00945. The van der Waals surface area contributed by atoms with Crippen LogP contribution in [0.5, 0.6) is 0 Å². The molecule has 0 bridgehead atoms. The van der Waals surface area contributed by atoms with Crippen LogP contribution in [0, 0.1) is 17.5 Å². The first kappa shape index (κ1) is 44.2. The van der Waals surface area contributed by atoms with E-state index in [2.05, 4.69) is 26.3 Å². The van der Waals surface area contributed by atoms with Gasteiger partial charge >= 0.3 is 5.97 Å². The second-order valence-corrected chi connectivity index (χ2v) is 12.8. The van der Waals surface area contributed by atoms with Gasteiger partial charge in [-0.25, -0.2) is 22.9 Å². The van der Waals surface area contributed by atoms with Crippen LogP contribution in [0.15, 0.2) is 65.7 Å². The molecule has 4 heterocycles. The van der Waals surface area contributed by atoms with E-state index in [1.54, 1.807) is 0 Å². The van der Waals surface area contributed by atoms with Gasteiger partial charge in [-0.2, -0.15) is 0 Å². The lowest BCUT2D eigenvalue weighted by atomic mass is 10.0. The maximum absolute atomic E-state index is 13.7. The minimum Gasteiger partial charge on any atom is -0.478 e. The lowest BCUT2D eigenvalue weighted by Gasteiger charge is -2.22. The van der Waals surface area contributed by atoms with Gasteiger partial charge in [0.15, 0.2) is 0 Å². The van der Waals surface area contributed by atoms with Gasteiger partial charge in [-0.1, -0.05) is 18.2 Å². The van der Waals surface area contributed by atoms with E-state index in [4.69, 9.17) is 22.3 Å². The van der Waals surface area contributed by atoms with Crippen molar-refractivity contribution in [3.05, 3.63) is 99.9 Å². The molecule has 22 heteroatoms. The molecule has 3 aliphatic heterocycles. The van der Waals surface area contributed by atoms with E-state index in [-0.39, 0.29) is 77.2 Å². The molecular formula is C37H36F3N9O10. The molecule has 11 N–H and O–H groups in total. The van der Waals surface area contributed by atoms with Crippen LogP contribution >= 0.6 is 0 Å². The van der Waals surface area contributed by atoms with E-state index >= 15 is 0 Å². The van der Waals surface area contributed by atoms with E-state index < -0.39 is 70.4 Å². The van der Waals surface area contributed by atoms with E-state index in [0.29, 0.717) is 12.8 Å². The summed E-state index contributed by atoms with van der Waals surface area (Å²) in [5.74, 6) is -6.87. The number of nitrogen functional groups attached to an aromatic ring is 2. The number of fused-ring (bicyclic) bond motifs is 1. The summed E-state index contributed by atoms with van der Waals surface area (Å²) < 4.78 is 41.0. The summed E-state index contributed by atoms with van der Waals surface area (Å²) in [6.07, 6.45) is 2.71. The standard InChI is InChI=1S/C13H10FN3O3.C12H12FN3O3.C7H6FNO2.C5H8N2O2/c14-7-2-1-3-8-11(7)13(20)17(6-15-8)9-4-5-10(18)16-12(9)19;13-6-2-1-3-7(14)10(6)12(19)15-8-4-5-9(17)16-11(8)18;8-4-2-1-3-5(9)6(4)7(10)11;6-3-1-2-4(8)7-5(3)9/h1-3,6,9H,4-5H2,(H,16,18,19);1-3,8H,4-5,14H2,(H,15,19)(H,16,17,18);1-3H,9H2,(H,10,11);3H,1-2,6H2,(H,7,8,9). The number of benzene rings is 3. The van der Waals surface area contributed by atoms with Gasteiger partial charge in [0.05, 0.1) is 23.4 Å². The van der Waals surface area contributed by atoms with Gasteiger partial charge in [0.1, 0.15) is 40.5 Å². The molecule has 3 saturated heterocycles. The van der Waals surface area contributed by atoms with E-state index in [9.17, 15) is 56.3 Å². The maximum Gasteiger partial charge on any atom is 0.340 e. The number of nitrogens with two attached hydrogens (primary N) is 3. The van der Waals surface area contributed by atoms with Gasteiger partial charge in [-0.15, -0.1) is 0 Å². The average molecular weight is 824 g/mol. The molecule has 4 aromatic rings. The number of carboxylic acids is 1. The Kier molecular flexibility index (Phi) is 14.7. The average Bonchev–Trinajstić information content (AvgIpc) is 3.15. The smallest absolute Gasteiger partial charge is 0.340 e. The highest BCUT2D eigenvalue weighted by Crippen LogP contribution is 2.19. The number of rotatable bonds is 4. The largest absolute Gasteiger partial charge is 0.478 e. The third-order valence-corrected chi connectivity index (χ3v) is 8.67. The fraction of sp³-hybridized carbons (Fsp3) is 0.243. The van der Waals surface area contributed by atoms with Crippen LogP contribution in [0.2, 0.25) is 0 Å². The quantitative estimate of drug-likeness (QED) is 0.102. The van der Waals surface area contributed by atoms with Crippen LogP contribution in [0.3, 0.4) is 0 Å². The van der Waals surface area contributed by atoms with Crippen LogP contribution in [0.1, 0.15) is 65.3 Å². The number of hydrogen-bond donors (Lipinski definition) is 8. The fourth-order valence-corrected chi connectivity index (χ4v) is 5.63. The summed E-state index contributed by atoms with van der Waals surface area (Å²) in [6.45, 7) is 0. The van der Waals surface area contributed by atoms with Crippen molar-refractivity contribution in [2.75, 3.05) is 11.5 Å². The summed E-state index contributed by atoms with van der Waals surface area (Å²) in [5.41, 5.74) is 14.8. The van der Waals surface area contributed by atoms with Gasteiger partial charge in [0.2, 0.25) is 35.4 Å². The number of nitrogens with zero attached hydrogens (tertiary/aromatic N) is 2. The number of aromatic nitrogens is 2. The minimum atomic E-state index is -1.35. The molecule has 0 saturated carbocycles. The highest BCUT2D eigenvalue weighted by molar-refractivity contribution is 6.05. The molecule has 3 atom stereocenters. The van der Waals surface area contributed by atoms with Crippen LogP contribution in [0.4, 0.5) is 24.5 Å². The van der Waals surface area contributed by atoms with E-state index in [1.807, 2.05) is 0 Å². The molecular weight excluding hydrogens is 787 g/mol. The molecule has 19 nitrogen and oxygen atoms in total. The first-order valence-corrected chi connectivity index (χ1v) is 17.4. The first-order chi connectivity index (χ1) is 27.9. The van der Waals surface area contributed by atoms with Crippen molar-refractivity contribution in [1.29, 1.82) is 0 Å². The third-order valence-electron chi connectivity index (χ3n) is 8.67. The Morgan fingerprint density at radius 2 is 1.20 bits per heavy atom. The van der Waals surface area contributed by atoms with Crippen molar-refractivity contribution < 1.29 is 56.6 Å². The predicted octanol–water partition coefficient (Wildman–Crippen LogP) is 0.313. The molecule has 7 rings (SSSR count). The third kappa shape index (κ3) is 11.3. The lowest BCUT2D eigenvalue weighted by Crippen LogP contribution is -2.52. The van der Waals surface area contributed by atoms with Crippen LogP contribution in [-0.2, 0) is 28.8 Å². The maximum atomic E-state index is 13.7. The number of nitrogens with one attached hydrogen (secondary N) is 4. The zero-order chi connectivity index (χ0) is 43.6. The van der Waals surface area contributed by atoms with Gasteiger partial charge < -0.3 is 27.6 Å². The van der Waals surface area contributed by atoms with Crippen molar-refractivity contribution in [3.63, 3.8) is 0 Å². The number of piperidine rings is 3. The molecule has 3 aromatic carbocycles. The Balaban J connectivity index is 0.000000183. The van der Waals surface area contributed by atoms with Crippen molar-refractivity contribution in [2.24, 2.45) is 5.73 Å². The van der Waals surface area contributed by atoms with Gasteiger partial charge in [-0.05, 0) is 55.7 Å². The molecule has 59 heavy (non-hydrogen) atoms. The zero-order valence-electron chi connectivity index (χ0n) is 30.6. The molecule has 3 unspecified atom stereocenters. The van der Waals surface area contributed by atoms with E-state index in [1.165, 1.54) is 48.8 Å². The van der Waals surface area contributed by atoms with Crippen LogP contribution < -0.4 is 44.0 Å². The number of carboxylic acid groups (broad SMARTS) is 1. The normalized spacial score (nSPS) is 18.6. The monoisotopic (exact) mass is 823 g/mol. The second-order valence-electron chi connectivity index (χ2n) is 12.8. The van der Waals surface area contributed by atoms with Crippen molar-refractivity contribution >= 4 is 69.6 Å². The molecule has 7 amide bonds. The number of halogens is 3. The van der Waals surface area contributed by atoms with Crippen molar-refractivity contribution in [3.8, 4) is 0 Å². The Hall–Kier alpha value is -7.49. The number of hydrogen-bond acceptors (Lipinski definition) is 13. The first-order valence-electron chi connectivity index (χ1n) is 17.4. The number of aromatic carboxylic acids is 1. The number of amides is 7. The Morgan fingerprint density at radius 3 is 1.71 bits per heavy atom. The van der Waals surface area contributed by atoms with Gasteiger partial charge in [-0.3, -0.25) is 58.9 Å². The summed E-state index contributed by atoms with van der Waals surface area (Å²) in [4.78, 5) is 105. The molecule has 1 aromatic heterocycles.